The Morgan fingerprint density at radius 2 is 2.12 bits per heavy atom. The number of aromatic nitrogens is 3. The van der Waals surface area contributed by atoms with Crippen molar-refractivity contribution in [2.45, 2.75) is 13.8 Å². The molecule has 6 heteroatoms. The Morgan fingerprint density at radius 3 is 2.88 bits per heavy atom. The normalized spacial score (nSPS) is 10.3. The molecule has 1 heterocycles. The minimum absolute atomic E-state index is 0.345. The summed E-state index contributed by atoms with van der Waals surface area (Å²) < 4.78 is 0.345. The highest BCUT2D eigenvalue weighted by Gasteiger charge is 2.06. The maximum Gasteiger partial charge on any atom is 0.215 e. The van der Waals surface area contributed by atoms with Crippen LogP contribution in [0.2, 0.25) is 5.02 Å². The minimum atomic E-state index is 0.345. The molecular weight excluding hydrogens is 256 g/mol. The van der Waals surface area contributed by atoms with Crippen LogP contribution in [0.3, 0.4) is 0 Å². The lowest BCUT2D eigenvalue weighted by atomic mass is 10.2. The van der Waals surface area contributed by atoms with E-state index < -0.39 is 0 Å². The number of halogens is 1. The maximum atomic E-state index is 6.05. The van der Waals surface area contributed by atoms with Gasteiger partial charge in [0.2, 0.25) is 4.77 Å². The standard InChI is InChI=1S/C11H11ClN4S/c1-6-8(12)4-3-5-9(6)13-10-7(2)15-16-11(17)14-10/h3-5H,1-2H3,(H2,13,14,16,17). The third kappa shape index (κ3) is 2.62. The summed E-state index contributed by atoms with van der Waals surface area (Å²) in [5, 5.41) is 10.6. The van der Waals surface area contributed by atoms with Gasteiger partial charge in [0.15, 0.2) is 5.82 Å². The molecule has 1 aromatic heterocycles. The van der Waals surface area contributed by atoms with Gasteiger partial charge in [0, 0.05) is 10.7 Å². The number of hydrogen-bond donors (Lipinski definition) is 2. The van der Waals surface area contributed by atoms with Crippen molar-refractivity contribution < 1.29 is 0 Å². The molecule has 4 nitrogen and oxygen atoms in total. The second-order valence-corrected chi connectivity index (χ2v) is 4.41. The van der Waals surface area contributed by atoms with E-state index in [0.29, 0.717) is 15.6 Å². The number of H-pyrrole nitrogens is 1. The first-order valence-corrected chi connectivity index (χ1v) is 5.82. The number of aryl methyl sites for hydroxylation is 1. The summed E-state index contributed by atoms with van der Waals surface area (Å²) in [7, 11) is 0. The molecule has 0 atom stereocenters. The highest BCUT2D eigenvalue weighted by molar-refractivity contribution is 7.71. The van der Waals surface area contributed by atoms with Crippen LogP contribution in [0.1, 0.15) is 11.3 Å². The lowest BCUT2D eigenvalue weighted by molar-refractivity contribution is 0.913. The average Bonchev–Trinajstić information content (AvgIpc) is 2.30. The van der Waals surface area contributed by atoms with Crippen molar-refractivity contribution in [2.24, 2.45) is 0 Å². The summed E-state index contributed by atoms with van der Waals surface area (Å²) in [6.07, 6.45) is 0. The molecule has 17 heavy (non-hydrogen) atoms. The second kappa shape index (κ2) is 4.81. The van der Waals surface area contributed by atoms with Crippen molar-refractivity contribution in [1.82, 2.24) is 15.2 Å². The predicted octanol–water partition coefficient (Wildman–Crippen LogP) is 3.55. The summed E-state index contributed by atoms with van der Waals surface area (Å²) in [6, 6.07) is 5.66. The summed E-state index contributed by atoms with van der Waals surface area (Å²) in [5.41, 5.74) is 2.61. The van der Waals surface area contributed by atoms with E-state index in [1.54, 1.807) is 0 Å². The Morgan fingerprint density at radius 1 is 1.35 bits per heavy atom. The van der Waals surface area contributed by atoms with E-state index >= 15 is 0 Å². The molecule has 88 valence electrons. The van der Waals surface area contributed by atoms with Gasteiger partial charge in [-0.05, 0) is 43.8 Å². The molecule has 1 aromatic carbocycles. The lowest BCUT2D eigenvalue weighted by Crippen LogP contribution is -2.02. The molecule has 0 spiro atoms. The number of hydrogen-bond acceptors (Lipinski definition) is 4. The first-order chi connectivity index (χ1) is 8.08. The molecule has 0 aliphatic carbocycles. The van der Waals surface area contributed by atoms with E-state index in [1.165, 1.54) is 0 Å². The third-order valence-electron chi connectivity index (χ3n) is 2.40. The van der Waals surface area contributed by atoms with Gasteiger partial charge in [-0.25, -0.2) is 0 Å². The van der Waals surface area contributed by atoms with Gasteiger partial charge >= 0.3 is 0 Å². The molecule has 0 radical (unpaired) electrons. The van der Waals surface area contributed by atoms with Gasteiger partial charge in [0.1, 0.15) is 5.69 Å². The predicted molar refractivity (Wildman–Crippen MR) is 71.4 cm³/mol. The van der Waals surface area contributed by atoms with Crippen molar-refractivity contribution in [2.75, 3.05) is 5.32 Å². The zero-order chi connectivity index (χ0) is 12.4. The van der Waals surface area contributed by atoms with Crippen LogP contribution in [0, 0.1) is 18.6 Å². The fourth-order valence-corrected chi connectivity index (χ4v) is 1.69. The summed E-state index contributed by atoms with van der Waals surface area (Å²) in [4.78, 5) is 4.18. The van der Waals surface area contributed by atoms with Crippen LogP contribution in [0.5, 0.6) is 0 Å². The Bertz CT molecular complexity index is 609. The summed E-state index contributed by atoms with van der Waals surface area (Å²) in [5.74, 6) is 0.638. The number of aromatic amines is 1. The Labute approximate surface area is 109 Å². The quantitative estimate of drug-likeness (QED) is 0.817. The van der Waals surface area contributed by atoms with Crippen LogP contribution in [0.4, 0.5) is 11.5 Å². The molecule has 0 unspecified atom stereocenters. The molecule has 2 N–H and O–H groups in total. The number of benzene rings is 1. The van der Waals surface area contributed by atoms with Gasteiger partial charge in [0.05, 0.1) is 0 Å². The van der Waals surface area contributed by atoms with Crippen molar-refractivity contribution in [3.8, 4) is 0 Å². The van der Waals surface area contributed by atoms with Crippen LogP contribution in [0.25, 0.3) is 0 Å². The maximum absolute atomic E-state index is 6.05. The number of nitrogens with zero attached hydrogens (tertiary/aromatic N) is 2. The van der Waals surface area contributed by atoms with Gasteiger partial charge in [0.25, 0.3) is 0 Å². The fourth-order valence-electron chi connectivity index (χ4n) is 1.38. The van der Waals surface area contributed by atoms with E-state index in [1.807, 2.05) is 32.0 Å². The van der Waals surface area contributed by atoms with Crippen LogP contribution in [0.15, 0.2) is 18.2 Å². The van der Waals surface area contributed by atoms with Gasteiger partial charge in [-0.1, -0.05) is 17.7 Å². The largest absolute Gasteiger partial charge is 0.338 e. The topological polar surface area (TPSA) is 53.6 Å². The summed E-state index contributed by atoms with van der Waals surface area (Å²) in [6.45, 7) is 3.79. The Balaban J connectivity index is 2.41. The van der Waals surface area contributed by atoms with E-state index in [0.717, 1.165) is 16.9 Å². The van der Waals surface area contributed by atoms with Gasteiger partial charge in [-0.15, -0.1) is 0 Å². The van der Waals surface area contributed by atoms with Crippen molar-refractivity contribution >= 4 is 35.3 Å². The van der Waals surface area contributed by atoms with E-state index in [2.05, 4.69) is 20.5 Å². The Kier molecular flexibility index (Phi) is 3.40. The van der Waals surface area contributed by atoms with Gasteiger partial charge < -0.3 is 5.32 Å². The fraction of sp³-hybridized carbons (Fsp3) is 0.182. The van der Waals surface area contributed by atoms with Crippen molar-refractivity contribution in [3.05, 3.63) is 39.3 Å². The highest BCUT2D eigenvalue weighted by atomic mass is 35.5. The molecule has 0 aliphatic rings. The van der Waals surface area contributed by atoms with Crippen LogP contribution < -0.4 is 5.32 Å². The molecular formula is C11H11ClN4S. The SMILES string of the molecule is Cc1n[nH]c(=S)nc1Nc1cccc(Cl)c1C. The lowest BCUT2D eigenvalue weighted by Gasteiger charge is -2.10. The summed E-state index contributed by atoms with van der Waals surface area (Å²) >= 11 is 11.0. The van der Waals surface area contributed by atoms with Gasteiger partial charge in [-0.3, -0.25) is 5.10 Å². The van der Waals surface area contributed by atoms with Crippen molar-refractivity contribution in [3.63, 3.8) is 0 Å². The highest BCUT2D eigenvalue weighted by Crippen LogP contribution is 2.25. The third-order valence-corrected chi connectivity index (χ3v) is 2.99. The zero-order valence-corrected chi connectivity index (χ0v) is 11.0. The smallest absolute Gasteiger partial charge is 0.215 e. The molecule has 0 saturated carbocycles. The molecule has 0 saturated heterocycles. The van der Waals surface area contributed by atoms with Crippen molar-refractivity contribution in [1.29, 1.82) is 0 Å². The molecule has 2 rings (SSSR count). The zero-order valence-electron chi connectivity index (χ0n) is 9.41. The molecule has 0 amide bonds. The van der Waals surface area contributed by atoms with E-state index in [4.69, 9.17) is 23.8 Å². The molecule has 0 aliphatic heterocycles. The van der Waals surface area contributed by atoms with E-state index in [-0.39, 0.29) is 0 Å². The van der Waals surface area contributed by atoms with E-state index in [9.17, 15) is 0 Å². The first kappa shape index (κ1) is 12.0. The number of rotatable bonds is 2. The Hall–Kier alpha value is -1.46. The second-order valence-electron chi connectivity index (χ2n) is 3.61. The molecule has 0 fully saturated rings. The average molecular weight is 267 g/mol. The molecule has 0 bridgehead atoms. The first-order valence-electron chi connectivity index (χ1n) is 5.03. The van der Waals surface area contributed by atoms with Crippen LogP contribution >= 0.6 is 23.8 Å². The number of nitrogens with one attached hydrogen (secondary N) is 2. The minimum Gasteiger partial charge on any atom is -0.338 e. The van der Waals surface area contributed by atoms with Crippen LogP contribution in [-0.2, 0) is 0 Å². The number of anilines is 2. The van der Waals surface area contributed by atoms with Gasteiger partial charge in [-0.2, -0.15) is 10.1 Å². The molecule has 2 aromatic rings. The monoisotopic (exact) mass is 266 g/mol. The van der Waals surface area contributed by atoms with Crippen LogP contribution in [-0.4, -0.2) is 15.2 Å².